The maximum Gasteiger partial charge on any atom is 0.0595 e. The van der Waals surface area contributed by atoms with Crippen molar-refractivity contribution in [1.82, 2.24) is 0 Å². The quantitative estimate of drug-likeness (QED) is 0.481. The van der Waals surface area contributed by atoms with Crippen LogP contribution in [0, 0.1) is 0 Å². The maximum absolute atomic E-state index is 5.94. The largest absolute Gasteiger partial charge is 0.0928 e. The van der Waals surface area contributed by atoms with Crippen molar-refractivity contribution in [3.63, 3.8) is 0 Å². The summed E-state index contributed by atoms with van der Waals surface area (Å²) in [7, 11) is 0. The first-order valence-corrected chi connectivity index (χ1v) is 7.11. The van der Waals surface area contributed by atoms with Crippen molar-refractivity contribution >= 4 is 39.1 Å². The first-order chi connectivity index (χ1) is 7.24. The third-order valence-corrected chi connectivity index (χ3v) is 3.63. The van der Waals surface area contributed by atoms with Gasteiger partial charge in [0.15, 0.2) is 0 Å². The molecule has 0 aliphatic carbocycles. The molecule has 0 aromatic heterocycles. The van der Waals surface area contributed by atoms with Crippen LogP contribution in [0.1, 0.15) is 31.2 Å². The topological polar surface area (TPSA) is 0 Å². The fourth-order valence-corrected chi connectivity index (χ4v) is 2.19. The smallest absolute Gasteiger partial charge is 0.0595 e. The molecule has 0 saturated carbocycles. The van der Waals surface area contributed by atoms with Gasteiger partial charge in [0.05, 0.1) is 10.0 Å². The van der Waals surface area contributed by atoms with Crippen LogP contribution in [0.3, 0.4) is 0 Å². The Labute approximate surface area is 110 Å². The highest BCUT2D eigenvalue weighted by Crippen LogP contribution is 2.23. The molecule has 0 nitrogen and oxygen atoms in total. The fraction of sp³-hybridized carbons (Fsp3) is 0.500. The first kappa shape index (κ1) is 13.3. The molecule has 0 aliphatic heterocycles. The molecule has 1 rings (SSSR count). The summed E-state index contributed by atoms with van der Waals surface area (Å²) in [6, 6.07) is 5.89. The van der Waals surface area contributed by atoms with Gasteiger partial charge in [-0.25, -0.2) is 0 Å². The lowest BCUT2D eigenvalue weighted by molar-refractivity contribution is 0.671. The molecular formula is C12H15BrCl2. The number of benzene rings is 1. The zero-order valence-corrected chi connectivity index (χ0v) is 11.7. The van der Waals surface area contributed by atoms with Gasteiger partial charge in [-0.2, -0.15) is 0 Å². The van der Waals surface area contributed by atoms with Crippen LogP contribution in [0.25, 0.3) is 0 Å². The number of rotatable bonds is 6. The highest BCUT2D eigenvalue weighted by Gasteiger charge is 1.99. The minimum atomic E-state index is 0.639. The van der Waals surface area contributed by atoms with Gasteiger partial charge < -0.3 is 0 Å². The predicted molar refractivity (Wildman–Crippen MR) is 72.4 cm³/mol. The molecule has 1 aromatic carbocycles. The lowest BCUT2D eigenvalue weighted by atomic mass is 10.1. The Bertz CT molecular complexity index is 300. The zero-order chi connectivity index (χ0) is 11.1. The number of alkyl halides is 1. The Hall–Kier alpha value is 0.280. The number of unbranched alkanes of at least 4 members (excludes halogenated alkanes) is 3. The minimum absolute atomic E-state index is 0.639. The number of hydrogen-bond acceptors (Lipinski definition) is 0. The van der Waals surface area contributed by atoms with Gasteiger partial charge in [-0.15, -0.1) is 0 Å². The molecule has 0 fully saturated rings. The Morgan fingerprint density at radius 1 is 0.933 bits per heavy atom. The molecule has 0 heterocycles. The molecule has 3 heteroatoms. The van der Waals surface area contributed by atoms with E-state index in [0.29, 0.717) is 10.0 Å². The first-order valence-electron chi connectivity index (χ1n) is 5.24. The summed E-state index contributed by atoms with van der Waals surface area (Å²) >= 11 is 15.2. The summed E-state index contributed by atoms with van der Waals surface area (Å²) < 4.78 is 0. The summed E-state index contributed by atoms with van der Waals surface area (Å²) in [6.45, 7) is 0. The van der Waals surface area contributed by atoms with E-state index < -0.39 is 0 Å². The van der Waals surface area contributed by atoms with E-state index in [0.717, 1.165) is 11.8 Å². The van der Waals surface area contributed by atoms with Crippen LogP contribution in [-0.2, 0) is 6.42 Å². The third kappa shape index (κ3) is 5.24. The average molecular weight is 310 g/mol. The van der Waals surface area contributed by atoms with Crippen molar-refractivity contribution in [3.05, 3.63) is 33.8 Å². The van der Waals surface area contributed by atoms with Crippen LogP contribution >= 0.6 is 39.1 Å². The summed E-state index contributed by atoms with van der Waals surface area (Å²) in [5, 5.41) is 2.41. The standard InChI is InChI=1S/C12H15BrCl2/c13-8-4-2-1-3-5-10-6-7-11(14)12(15)9-10/h6-7,9H,1-5,8H2. The molecule has 0 saturated heterocycles. The minimum Gasteiger partial charge on any atom is -0.0928 e. The Kier molecular flexibility index (Phi) is 6.71. The molecule has 84 valence electrons. The van der Waals surface area contributed by atoms with Crippen LogP contribution in [-0.4, -0.2) is 5.33 Å². The van der Waals surface area contributed by atoms with Gasteiger partial charge in [0.2, 0.25) is 0 Å². The molecule has 0 unspecified atom stereocenters. The van der Waals surface area contributed by atoms with Gasteiger partial charge in [0, 0.05) is 5.33 Å². The Morgan fingerprint density at radius 2 is 1.67 bits per heavy atom. The number of hydrogen-bond donors (Lipinski definition) is 0. The summed E-state index contributed by atoms with van der Waals surface area (Å²) in [5.41, 5.74) is 1.28. The monoisotopic (exact) mass is 308 g/mol. The van der Waals surface area contributed by atoms with E-state index in [9.17, 15) is 0 Å². The molecule has 1 aromatic rings. The molecule has 15 heavy (non-hydrogen) atoms. The van der Waals surface area contributed by atoms with E-state index >= 15 is 0 Å². The van der Waals surface area contributed by atoms with Crippen molar-refractivity contribution in [2.24, 2.45) is 0 Å². The second-order valence-corrected chi connectivity index (χ2v) is 5.21. The molecule has 0 bridgehead atoms. The molecule has 0 spiro atoms. The molecular weight excluding hydrogens is 295 g/mol. The average Bonchev–Trinajstić information content (AvgIpc) is 2.23. The highest BCUT2D eigenvalue weighted by atomic mass is 79.9. The predicted octanol–water partition coefficient (Wildman–Crippen LogP) is 5.49. The molecule has 0 atom stereocenters. The Morgan fingerprint density at radius 3 is 2.33 bits per heavy atom. The van der Waals surface area contributed by atoms with Crippen LogP contribution in [0.5, 0.6) is 0 Å². The molecule has 0 amide bonds. The molecule has 0 N–H and O–H groups in total. The number of halogens is 3. The second kappa shape index (κ2) is 7.54. The van der Waals surface area contributed by atoms with E-state index in [1.807, 2.05) is 12.1 Å². The lowest BCUT2D eigenvalue weighted by Crippen LogP contribution is -1.86. The SMILES string of the molecule is Clc1ccc(CCCCCCBr)cc1Cl. The van der Waals surface area contributed by atoms with E-state index in [-0.39, 0.29) is 0 Å². The maximum atomic E-state index is 5.94. The summed E-state index contributed by atoms with van der Waals surface area (Å²) in [4.78, 5) is 0. The zero-order valence-electron chi connectivity index (χ0n) is 8.61. The van der Waals surface area contributed by atoms with Crippen LogP contribution in [0.15, 0.2) is 18.2 Å². The van der Waals surface area contributed by atoms with E-state index in [2.05, 4.69) is 22.0 Å². The van der Waals surface area contributed by atoms with Gasteiger partial charge in [0.25, 0.3) is 0 Å². The number of aryl methyl sites for hydroxylation is 1. The van der Waals surface area contributed by atoms with Crippen molar-refractivity contribution < 1.29 is 0 Å². The van der Waals surface area contributed by atoms with Gasteiger partial charge >= 0.3 is 0 Å². The van der Waals surface area contributed by atoms with Gasteiger partial charge in [-0.1, -0.05) is 58.0 Å². The highest BCUT2D eigenvalue weighted by molar-refractivity contribution is 9.09. The molecule has 0 aliphatic rings. The normalized spacial score (nSPS) is 10.6. The van der Waals surface area contributed by atoms with Crippen LogP contribution < -0.4 is 0 Å². The van der Waals surface area contributed by atoms with E-state index in [4.69, 9.17) is 23.2 Å². The Balaban J connectivity index is 2.28. The van der Waals surface area contributed by atoms with Crippen molar-refractivity contribution in [1.29, 1.82) is 0 Å². The summed E-state index contributed by atoms with van der Waals surface area (Å²) in [5.74, 6) is 0. The van der Waals surface area contributed by atoms with Crippen molar-refractivity contribution in [3.8, 4) is 0 Å². The third-order valence-electron chi connectivity index (χ3n) is 2.33. The van der Waals surface area contributed by atoms with Gasteiger partial charge in [0.1, 0.15) is 0 Å². The van der Waals surface area contributed by atoms with Crippen molar-refractivity contribution in [2.75, 3.05) is 5.33 Å². The van der Waals surface area contributed by atoms with E-state index in [1.165, 1.54) is 31.2 Å². The fourth-order valence-electron chi connectivity index (χ4n) is 1.47. The van der Waals surface area contributed by atoms with Gasteiger partial charge in [-0.05, 0) is 37.0 Å². The van der Waals surface area contributed by atoms with Crippen LogP contribution in [0.2, 0.25) is 10.0 Å². The van der Waals surface area contributed by atoms with Gasteiger partial charge in [-0.3, -0.25) is 0 Å². The van der Waals surface area contributed by atoms with Crippen molar-refractivity contribution in [2.45, 2.75) is 32.1 Å². The second-order valence-electron chi connectivity index (χ2n) is 3.60. The van der Waals surface area contributed by atoms with E-state index in [1.54, 1.807) is 0 Å². The van der Waals surface area contributed by atoms with Crippen LogP contribution in [0.4, 0.5) is 0 Å². The lowest BCUT2D eigenvalue weighted by Gasteiger charge is -2.03. The summed E-state index contributed by atoms with van der Waals surface area (Å²) in [6.07, 6.45) is 6.17. The molecule has 0 radical (unpaired) electrons.